The Labute approximate surface area is 269 Å². The molecule has 0 spiro atoms. The van der Waals surface area contributed by atoms with Crippen molar-refractivity contribution in [2.75, 3.05) is 11.9 Å². The molecule has 1 saturated heterocycles. The molecule has 2 aliphatic heterocycles. The summed E-state index contributed by atoms with van der Waals surface area (Å²) < 4.78 is 4.17. The lowest BCUT2D eigenvalue weighted by Gasteiger charge is -2.35. The topological polar surface area (TPSA) is 170 Å². The molecule has 3 aromatic heterocycles. The SMILES string of the molecule is N[C@H]1C[C@@H](n2cc3cnc(-c4cn([C@H]5C[C@H](CNc6ccc7c(c6)C(=O)N(C6CCC(=O)NC6=O)C7=O)C5)nc4C4CC4)cc3n2)C1. The summed E-state index contributed by atoms with van der Waals surface area (Å²) in [5.41, 5.74) is 11.4. The summed E-state index contributed by atoms with van der Waals surface area (Å²) in [6.45, 7) is 0.727. The zero-order valence-electron chi connectivity index (χ0n) is 25.8. The molecule has 3 aliphatic carbocycles. The van der Waals surface area contributed by atoms with Crippen molar-refractivity contribution in [1.29, 1.82) is 0 Å². The van der Waals surface area contributed by atoms with E-state index in [0.717, 1.165) is 83.5 Å². The highest BCUT2D eigenvalue weighted by Crippen LogP contribution is 2.46. The molecular weight excluding hydrogens is 598 g/mol. The molecule has 4 amide bonds. The van der Waals surface area contributed by atoms with Crippen LogP contribution in [0.3, 0.4) is 0 Å². The van der Waals surface area contributed by atoms with Gasteiger partial charge >= 0.3 is 0 Å². The van der Waals surface area contributed by atoms with E-state index in [0.29, 0.717) is 23.9 Å². The van der Waals surface area contributed by atoms with Crippen LogP contribution in [-0.4, -0.2) is 71.7 Å². The molecular formula is C34H35N9O4. The first kappa shape index (κ1) is 28.3. The molecule has 1 aromatic carbocycles. The Balaban J connectivity index is 0.853. The molecule has 1 atom stereocenters. The third kappa shape index (κ3) is 4.82. The number of amides is 4. The van der Waals surface area contributed by atoms with Gasteiger partial charge in [0.15, 0.2) is 0 Å². The molecule has 47 heavy (non-hydrogen) atoms. The monoisotopic (exact) mass is 633 g/mol. The van der Waals surface area contributed by atoms with E-state index in [-0.39, 0.29) is 30.0 Å². The van der Waals surface area contributed by atoms with E-state index in [1.807, 2.05) is 10.9 Å². The van der Waals surface area contributed by atoms with Crippen molar-refractivity contribution in [2.24, 2.45) is 11.7 Å². The maximum atomic E-state index is 13.2. The van der Waals surface area contributed by atoms with E-state index in [4.69, 9.17) is 20.9 Å². The van der Waals surface area contributed by atoms with Crippen molar-refractivity contribution < 1.29 is 19.2 Å². The number of carbonyl (C=O) groups excluding carboxylic acids is 4. The van der Waals surface area contributed by atoms with Gasteiger partial charge in [-0.2, -0.15) is 10.2 Å². The number of carbonyl (C=O) groups is 4. The third-order valence-corrected chi connectivity index (χ3v) is 10.6. The number of piperidine rings is 1. The highest BCUT2D eigenvalue weighted by Gasteiger charge is 2.45. The molecule has 3 saturated carbocycles. The number of nitrogens with two attached hydrogens (primary N) is 1. The van der Waals surface area contributed by atoms with Gasteiger partial charge in [-0.3, -0.25) is 43.7 Å². The maximum Gasteiger partial charge on any atom is 0.262 e. The molecule has 0 radical (unpaired) electrons. The van der Waals surface area contributed by atoms with E-state index < -0.39 is 29.7 Å². The van der Waals surface area contributed by atoms with E-state index >= 15 is 0 Å². The molecule has 4 fully saturated rings. The lowest BCUT2D eigenvalue weighted by atomic mass is 9.80. The first-order valence-electron chi connectivity index (χ1n) is 16.6. The van der Waals surface area contributed by atoms with Gasteiger partial charge in [0.1, 0.15) is 6.04 Å². The van der Waals surface area contributed by atoms with Crippen LogP contribution in [0.2, 0.25) is 0 Å². The van der Waals surface area contributed by atoms with Gasteiger partial charge < -0.3 is 11.1 Å². The second-order valence-corrected chi connectivity index (χ2v) is 13.9. The largest absolute Gasteiger partial charge is 0.385 e. The number of hydrogen-bond donors (Lipinski definition) is 3. The number of nitrogens with zero attached hydrogens (tertiary/aromatic N) is 6. The van der Waals surface area contributed by atoms with Crippen molar-refractivity contribution in [3.05, 3.63) is 59.7 Å². The van der Waals surface area contributed by atoms with Crippen molar-refractivity contribution in [1.82, 2.24) is 34.8 Å². The summed E-state index contributed by atoms with van der Waals surface area (Å²) in [5.74, 6) is -1.09. The molecule has 9 rings (SSSR count). The minimum absolute atomic E-state index is 0.0934. The standard InChI is InChI=1S/C34H35N9O4/c35-20-9-23(10-20)41-15-19-14-37-28(12-27(19)39-41)26-16-42(40-31(26)18-1-2-18)22-7-17(8-22)13-36-21-3-4-24-25(11-21)34(47)43(33(24)46)29-5-6-30(44)38-32(29)45/h3-4,11-12,14-18,20,22-23,29,36H,1-2,5-10,13,35H2,(H,38,44,45)/t17-,20-,22-,23+,29?. The van der Waals surface area contributed by atoms with Gasteiger partial charge in [-0.25, -0.2) is 0 Å². The number of aromatic nitrogens is 5. The number of anilines is 1. The summed E-state index contributed by atoms with van der Waals surface area (Å²) >= 11 is 0. The van der Waals surface area contributed by atoms with Crippen LogP contribution in [-0.2, 0) is 9.59 Å². The van der Waals surface area contributed by atoms with Gasteiger partial charge in [-0.05, 0) is 75.1 Å². The summed E-state index contributed by atoms with van der Waals surface area (Å²) in [5, 5.41) is 16.6. The fourth-order valence-corrected chi connectivity index (χ4v) is 7.49. The Bertz CT molecular complexity index is 1980. The van der Waals surface area contributed by atoms with Gasteiger partial charge in [0, 0.05) is 60.2 Å². The Hall–Kier alpha value is -4.91. The molecule has 4 aromatic rings. The maximum absolute atomic E-state index is 13.2. The number of nitrogens with one attached hydrogen (secondary N) is 2. The Morgan fingerprint density at radius 1 is 0.872 bits per heavy atom. The van der Waals surface area contributed by atoms with Crippen molar-refractivity contribution >= 4 is 40.2 Å². The van der Waals surface area contributed by atoms with Crippen molar-refractivity contribution in [2.45, 2.75) is 81.5 Å². The molecule has 1 unspecified atom stereocenters. The normalized spacial score (nSPS) is 27.1. The average molecular weight is 634 g/mol. The Morgan fingerprint density at radius 3 is 2.40 bits per heavy atom. The fourth-order valence-electron chi connectivity index (χ4n) is 7.49. The van der Waals surface area contributed by atoms with E-state index in [9.17, 15) is 19.2 Å². The van der Waals surface area contributed by atoms with Gasteiger partial charge in [0.05, 0.1) is 40.1 Å². The van der Waals surface area contributed by atoms with E-state index in [1.165, 1.54) is 0 Å². The molecule has 13 heteroatoms. The highest BCUT2D eigenvalue weighted by molar-refractivity contribution is 6.23. The Kier molecular flexibility index (Phi) is 6.36. The summed E-state index contributed by atoms with van der Waals surface area (Å²) in [6, 6.07) is 7.18. The average Bonchev–Trinajstić information content (AvgIpc) is 3.55. The molecule has 5 aliphatic rings. The molecule has 13 nitrogen and oxygen atoms in total. The van der Waals surface area contributed by atoms with E-state index in [2.05, 4.69) is 33.8 Å². The zero-order chi connectivity index (χ0) is 32.0. The smallest absolute Gasteiger partial charge is 0.262 e. The van der Waals surface area contributed by atoms with Crippen LogP contribution in [0.4, 0.5) is 5.69 Å². The quantitative estimate of drug-likeness (QED) is 0.246. The molecule has 4 N–H and O–H groups in total. The molecule has 0 bridgehead atoms. The van der Waals surface area contributed by atoms with Crippen LogP contribution in [0.15, 0.2) is 42.9 Å². The van der Waals surface area contributed by atoms with Crippen LogP contribution in [0.5, 0.6) is 0 Å². The lowest BCUT2D eigenvalue weighted by molar-refractivity contribution is -0.136. The Morgan fingerprint density at radius 2 is 1.64 bits per heavy atom. The predicted octanol–water partition coefficient (Wildman–Crippen LogP) is 3.30. The number of rotatable bonds is 8. The summed E-state index contributed by atoms with van der Waals surface area (Å²) in [4.78, 5) is 55.9. The number of pyridine rings is 1. The minimum Gasteiger partial charge on any atom is -0.385 e. The van der Waals surface area contributed by atoms with Gasteiger partial charge in [0.25, 0.3) is 11.8 Å². The summed E-state index contributed by atoms with van der Waals surface area (Å²) in [7, 11) is 0. The number of fused-ring (bicyclic) bond motifs is 2. The van der Waals surface area contributed by atoms with Crippen LogP contribution >= 0.6 is 0 Å². The lowest BCUT2D eigenvalue weighted by Crippen LogP contribution is -2.54. The number of hydrogen-bond acceptors (Lipinski definition) is 9. The minimum atomic E-state index is -0.971. The van der Waals surface area contributed by atoms with Crippen molar-refractivity contribution in [3.8, 4) is 11.3 Å². The molecule has 5 heterocycles. The second kappa shape index (κ2) is 10.6. The van der Waals surface area contributed by atoms with Gasteiger partial charge in [-0.1, -0.05) is 0 Å². The zero-order valence-corrected chi connectivity index (χ0v) is 25.8. The van der Waals surface area contributed by atoms with Crippen LogP contribution < -0.4 is 16.4 Å². The van der Waals surface area contributed by atoms with E-state index in [1.54, 1.807) is 18.2 Å². The first-order chi connectivity index (χ1) is 22.8. The summed E-state index contributed by atoms with van der Waals surface area (Å²) in [6.07, 6.45) is 12.6. The number of imide groups is 2. The first-order valence-corrected chi connectivity index (χ1v) is 16.6. The van der Waals surface area contributed by atoms with Gasteiger partial charge in [0.2, 0.25) is 11.8 Å². The van der Waals surface area contributed by atoms with Crippen LogP contribution in [0.1, 0.15) is 95.8 Å². The van der Waals surface area contributed by atoms with Gasteiger partial charge in [-0.15, -0.1) is 0 Å². The molecule has 240 valence electrons. The van der Waals surface area contributed by atoms with Crippen LogP contribution in [0, 0.1) is 5.92 Å². The predicted molar refractivity (Wildman–Crippen MR) is 170 cm³/mol. The second-order valence-electron chi connectivity index (χ2n) is 13.9. The highest BCUT2D eigenvalue weighted by atomic mass is 16.2. The number of benzene rings is 1. The third-order valence-electron chi connectivity index (χ3n) is 10.6. The fraction of sp³-hybridized carbons (Fsp3) is 0.441. The van der Waals surface area contributed by atoms with Crippen LogP contribution in [0.25, 0.3) is 22.2 Å². The van der Waals surface area contributed by atoms with Crippen molar-refractivity contribution in [3.63, 3.8) is 0 Å².